The lowest BCUT2D eigenvalue weighted by Gasteiger charge is -2.05. The van der Waals surface area contributed by atoms with E-state index in [1.807, 2.05) is 37.3 Å². The van der Waals surface area contributed by atoms with Crippen molar-refractivity contribution < 1.29 is 4.79 Å². The Hall–Kier alpha value is -1.12. The minimum absolute atomic E-state index is 0.0590. The van der Waals surface area contributed by atoms with Crippen molar-refractivity contribution in [3.63, 3.8) is 0 Å². The van der Waals surface area contributed by atoms with Crippen LogP contribution < -0.4 is 0 Å². The van der Waals surface area contributed by atoms with Crippen LogP contribution in [-0.2, 0) is 0 Å². The Kier molecular flexibility index (Phi) is 3.65. The van der Waals surface area contributed by atoms with Gasteiger partial charge in [-0.05, 0) is 35.0 Å². The van der Waals surface area contributed by atoms with E-state index in [4.69, 9.17) is 11.6 Å². The maximum absolute atomic E-state index is 12.2. The molecule has 17 heavy (non-hydrogen) atoms. The summed E-state index contributed by atoms with van der Waals surface area (Å²) in [5.41, 5.74) is 2.29. The van der Waals surface area contributed by atoms with Gasteiger partial charge in [-0.3, -0.25) is 4.79 Å². The van der Waals surface area contributed by atoms with Crippen LogP contribution >= 0.6 is 27.5 Å². The third-order valence-corrected chi connectivity index (χ3v) is 3.81. The lowest BCUT2D eigenvalue weighted by molar-refractivity contribution is 0.103. The van der Waals surface area contributed by atoms with Crippen molar-refractivity contribution in [2.24, 2.45) is 0 Å². The molecule has 0 aromatic heterocycles. The Labute approximate surface area is 114 Å². The number of halogens is 2. The number of benzene rings is 2. The maximum Gasteiger partial charge on any atom is 0.194 e. The summed E-state index contributed by atoms with van der Waals surface area (Å²) in [5, 5.41) is 0.457. The van der Waals surface area contributed by atoms with E-state index in [2.05, 4.69) is 15.9 Å². The van der Waals surface area contributed by atoms with Crippen LogP contribution in [0.4, 0.5) is 0 Å². The first-order chi connectivity index (χ1) is 8.09. The molecule has 0 aliphatic rings. The molecule has 0 atom stereocenters. The molecule has 3 heteroatoms. The average molecular weight is 310 g/mol. The Morgan fingerprint density at radius 1 is 1.12 bits per heavy atom. The summed E-state index contributed by atoms with van der Waals surface area (Å²) in [4.78, 5) is 12.2. The summed E-state index contributed by atoms with van der Waals surface area (Å²) in [6.45, 7) is 1.99. The molecule has 0 unspecified atom stereocenters. The quantitative estimate of drug-likeness (QED) is 0.738. The molecule has 2 aromatic carbocycles. The van der Waals surface area contributed by atoms with Crippen LogP contribution in [-0.4, -0.2) is 5.78 Å². The van der Waals surface area contributed by atoms with Crippen LogP contribution in [0, 0.1) is 6.92 Å². The zero-order valence-electron chi connectivity index (χ0n) is 9.21. The highest BCUT2D eigenvalue weighted by Crippen LogP contribution is 2.27. The van der Waals surface area contributed by atoms with E-state index in [9.17, 15) is 4.79 Å². The van der Waals surface area contributed by atoms with Gasteiger partial charge in [0.2, 0.25) is 0 Å². The minimum atomic E-state index is -0.0590. The molecule has 2 rings (SSSR count). The fourth-order valence-corrected chi connectivity index (χ4v) is 2.12. The molecule has 0 aliphatic carbocycles. The standard InChI is InChI=1S/C14H10BrClO/c1-9-5-7-10(8-6-9)14(17)11-3-2-4-12(15)13(11)16/h2-8H,1H3. The second-order valence-corrected chi connectivity index (χ2v) is 5.03. The monoisotopic (exact) mass is 308 g/mol. The molecule has 0 saturated carbocycles. The molecule has 2 aromatic rings. The highest BCUT2D eigenvalue weighted by atomic mass is 79.9. The molecule has 0 fully saturated rings. The van der Waals surface area contributed by atoms with Crippen molar-refractivity contribution in [1.82, 2.24) is 0 Å². The number of hydrogen-bond donors (Lipinski definition) is 0. The van der Waals surface area contributed by atoms with Crippen LogP contribution in [0.5, 0.6) is 0 Å². The van der Waals surface area contributed by atoms with Gasteiger partial charge >= 0.3 is 0 Å². The van der Waals surface area contributed by atoms with Crippen LogP contribution in [0.25, 0.3) is 0 Å². The average Bonchev–Trinajstić information content (AvgIpc) is 2.33. The smallest absolute Gasteiger partial charge is 0.194 e. The molecular formula is C14H10BrClO. The van der Waals surface area contributed by atoms with E-state index in [0.29, 0.717) is 16.1 Å². The van der Waals surface area contributed by atoms with Crippen molar-refractivity contribution >= 4 is 33.3 Å². The van der Waals surface area contributed by atoms with Crippen molar-refractivity contribution in [2.45, 2.75) is 6.92 Å². The lowest BCUT2D eigenvalue weighted by Crippen LogP contribution is -2.02. The first-order valence-corrected chi connectivity index (χ1v) is 6.32. The van der Waals surface area contributed by atoms with Gasteiger partial charge in [-0.1, -0.05) is 47.5 Å². The first-order valence-electron chi connectivity index (χ1n) is 5.15. The number of ketones is 1. The van der Waals surface area contributed by atoms with E-state index in [0.717, 1.165) is 10.0 Å². The van der Waals surface area contributed by atoms with E-state index in [1.165, 1.54) is 0 Å². The zero-order valence-corrected chi connectivity index (χ0v) is 11.5. The van der Waals surface area contributed by atoms with Crippen molar-refractivity contribution in [2.75, 3.05) is 0 Å². The molecule has 0 N–H and O–H groups in total. The van der Waals surface area contributed by atoms with Gasteiger partial charge in [0.25, 0.3) is 0 Å². The van der Waals surface area contributed by atoms with E-state index < -0.39 is 0 Å². The minimum Gasteiger partial charge on any atom is -0.289 e. The molecule has 0 spiro atoms. The number of aryl methyl sites for hydroxylation is 1. The van der Waals surface area contributed by atoms with Gasteiger partial charge in [0.1, 0.15) is 0 Å². The van der Waals surface area contributed by atoms with Gasteiger partial charge < -0.3 is 0 Å². The fourth-order valence-electron chi connectivity index (χ4n) is 1.54. The predicted octanol–water partition coefficient (Wildman–Crippen LogP) is 4.64. The second kappa shape index (κ2) is 5.03. The highest BCUT2D eigenvalue weighted by molar-refractivity contribution is 9.10. The summed E-state index contributed by atoms with van der Waals surface area (Å²) < 4.78 is 0.733. The summed E-state index contributed by atoms with van der Waals surface area (Å²) in [6.07, 6.45) is 0. The Balaban J connectivity index is 2.44. The number of rotatable bonds is 2. The molecule has 0 heterocycles. The molecule has 0 aliphatic heterocycles. The summed E-state index contributed by atoms with van der Waals surface area (Å²) >= 11 is 9.42. The van der Waals surface area contributed by atoms with Gasteiger partial charge in [-0.2, -0.15) is 0 Å². The SMILES string of the molecule is Cc1ccc(C(=O)c2cccc(Br)c2Cl)cc1. The number of hydrogen-bond acceptors (Lipinski definition) is 1. The van der Waals surface area contributed by atoms with E-state index in [1.54, 1.807) is 12.1 Å². The summed E-state index contributed by atoms with van der Waals surface area (Å²) in [7, 11) is 0. The maximum atomic E-state index is 12.2. The van der Waals surface area contributed by atoms with Crippen molar-refractivity contribution in [1.29, 1.82) is 0 Å². The summed E-state index contributed by atoms with van der Waals surface area (Å²) in [5.74, 6) is -0.0590. The van der Waals surface area contributed by atoms with Crippen LogP contribution in [0.3, 0.4) is 0 Å². The van der Waals surface area contributed by atoms with Gasteiger partial charge in [0.05, 0.1) is 5.02 Å². The predicted molar refractivity (Wildman–Crippen MR) is 73.8 cm³/mol. The molecule has 0 bridgehead atoms. The Morgan fingerprint density at radius 3 is 2.41 bits per heavy atom. The van der Waals surface area contributed by atoms with Gasteiger partial charge in [0.15, 0.2) is 5.78 Å². The molecule has 0 amide bonds. The molecular weight excluding hydrogens is 300 g/mol. The Bertz CT molecular complexity index is 561. The molecule has 1 nitrogen and oxygen atoms in total. The number of carbonyl (C=O) groups is 1. The fraction of sp³-hybridized carbons (Fsp3) is 0.0714. The summed E-state index contributed by atoms with van der Waals surface area (Å²) in [6, 6.07) is 12.8. The van der Waals surface area contributed by atoms with E-state index >= 15 is 0 Å². The Morgan fingerprint density at radius 2 is 1.76 bits per heavy atom. The topological polar surface area (TPSA) is 17.1 Å². The molecule has 86 valence electrons. The van der Waals surface area contributed by atoms with Crippen molar-refractivity contribution in [3.05, 3.63) is 68.7 Å². The zero-order chi connectivity index (χ0) is 12.4. The van der Waals surface area contributed by atoms with Crippen LogP contribution in [0.15, 0.2) is 46.9 Å². The largest absolute Gasteiger partial charge is 0.289 e. The van der Waals surface area contributed by atoms with Gasteiger partial charge in [-0.15, -0.1) is 0 Å². The third-order valence-electron chi connectivity index (χ3n) is 2.51. The lowest BCUT2D eigenvalue weighted by atomic mass is 10.0. The normalized spacial score (nSPS) is 10.3. The second-order valence-electron chi connectivity index (χ2n) is 3.80. The van der Waals surface area contributed by atoms with Crippen LogP contribution in [0.1, 0.15) is 21.5 Å². The molecule has 0 radical (unpaired) electrons. The van der Waals surface area contributed by atoms with Crippen molar-refractivity contribution in [3.8, 4) is 0 Å². The van der Waals surface area contributed by atoms with Crippen LogP contribution in [0.2, 0.25) is 5.02 Å². The van der Waals surface area contributed by atoms with Gasteiger partial charge in [0, 0.05) is 15.6 Å². The molecule has 0 saturated heterocycles. The van der Waals surface area contributed by atoms with Gasteiger partial charge in [-0.25, -0.2) is 0 Å². The van der Waals surface area contributed by atoms with E-state index in [-0.39, 0.29) is 5.78 Å². The number of carbonyl (C=O) groups excluding carboxylic acids is 1. The first kappa shape index (κ1) is 12.3. The highest BCUT2D eigenvalue weighted by Gasteiger charge is 2.13. The third kappa shape index (κ3) is 2.59.